The number of para-hydroxylation sites is 2. The lowest BCUT2D eigenvalue weighted by molar-refractivity contribution is -0.133. The summed E-state index contributed by atoms with van der Waals surface area (Å²) >= 11 is 0. The molecule has 30 heavy (non-hydrogen) atoms. The molecule has 0 spiro atoms. The highest BCUT2D eigenvalue weighted by Gasteiger charge is 2.22. The molecule has 0 radical (unpaired) electrons. The van der Waals surface area contributed by atoms with E-state index in [1.54, 1.807) is 6.92 Å². The molecule has 0 aliphatic heterocycles. The minimum absolute atomic E-state index is 0.285. The van der Waals surface area contributed by atoms with Gasteiger partial charge in [0, 0.05) is 18.5 Å². The van der Waals surface area contributed by atoms with E-state index in [9.17, 15) is 4.79 Å². The molecule has 2 aromatic carbocycles. The van der Waals surface area contributed by atoms with E-state index in [2.05, 4.69) is 30.4 Å². The summed E-state index contributed by atoms with van der Waals surface area (Å²) in [6, 6.07) is 16.2. The van der Waals surface area contributed by atoms with Crippen LogP contribution in [-0.2, 0) is 11.2 Å². The molecule has 3 heterocycles. The number of esters is 1. The smallest absolute Gasteiger partial charge is 0.310 e. The van der Waals surface area contributed by atoms with Gasteiger partial charge in [-0.25, -0.2) is 9.97 Å². The molecule has 6 heteroatoms. The van der Waals surface area contributed by atoms with Crippen LogP contribution in [0.15, 0.2) is 54.7 Å². The molecular weight excluding hydrogens is 376 g/mol. The zero-order valence-electron chi connectivity index (χ0n) is 17.2. The Bertz CT molecular complexity index is 1430. The minimum Gasteiger partial charge on any atom is -0.424 e. The van der Waals surface area contributed by atoms with Gasteiger partial charge in [0.2, 0.25) is 0 Å². The molecule has 5 aromatic rings. The van der Waals surface area contributed by atoms with E-state index < -0.39 is 0 Å². The van der Waals surface area contributed by atoms with Gasteiger partial charge < -0.3 is 4.74 Å². The first-order chi connectivity index (χ1) is 14.6. The monoisotopic (exact) mass is 398 g/mol. The van der Waals surface area contributed by atoms with Gasteiger partial charge in [-0.15, -0.1) is 0 Å². The normalized spacial score (nSPS) is 11.6. The number of nitrogens with zero attached hydrogens (tertiary/aromatic N) is 4. The van der Waals surface area contributed by atoms with Crippen molar-refractivity contribution in [3.05, 3.63) is 66.1 Å². The van der Waals surface area contributed by atoms with Gasteiger partial charge in [0.25, 0.3) is 0 Å². The quantitative estimate of drug-likeness (QED) is 0.399. The Morgan fingerprint density at radius 1 is 1.03 bits per heavy atom. The summed E-state index contributed by atoms with van der Waals surface area (Å²) in [6.07, 6.45) is 2.89. The van der Waals surface area contributed by atoms with Gasteiger partial charge in [-0.2, -0.15) is 0 Å². The molecule has 0 fully saturated rings. The molecule has 150 valence electrons. The molecule has 5 rings (SSSR count). The summed E-state index contributed by atoms with van der Waals surface area (Å²) in [7, 11) is 0. The van der Waals surface area contributed by atoms with Gasteiger partial charge in [0.1, 0.15) is 11.2 Å². The van der Waals surface area contributed by atoms with Gasteiger partial charge in [0.05, 0.1) is 17.2 Å². The first kappa shape index (κ1) is 18.4. The minimum atomic E-state index is -0.285. The van der Waals surface area contributed by atoms with Crippen molar-refractivity contribution in [2.24, 2.45) is 0 Å². The molecular formula is C24H22N4O2. The number of rotatable bonds is 4. The zero-order valence-corrected chi connectivity index (χ0v) is 17.2. The summed E-state index contributed by atoms with van der Waals surface area (Å²) in [5, 5.41) is 0.742. The number of aromatic nitrogens is 4. The number of carbonyl (C=O) groups is 1. The first-order valence-electron chi connectivity index (χ1n) is 10.2. The van der Waals surface area contributed by atoms with Crippen LogP contribution in [0.25, 0.3) is 33.4 Å². The van der Waals surface area contributed by atoms with Crippen molar-refractivity contribution in [3.63, 3.8) is 0 Å². The zero-order chi connectivity index (χ0) is 20.8. The van der Waals surface area contributed by atoms with E-state index in [4.69, 9.17) is 14.7 Å². The topological polar surface area (TPSA) is 61.4 Å². The maximum atomic E-state index is 12.2. The maximum Gasteiger partial charge on any atom is 0.310 e. The number of hydrogen-bond acceptors (Lipinski definition) is 4. The molecule has 0 amide bonds. The van der Waals surface area contributed by atoms with E-state index in [1.807, 2.05) is 47.2 Å². The number of imidazole rings is 1. The summed E-state index contributed by atoms with van der Waals surface area (Å²) in [4.78, 5) is 22.1. The Hall–Kier alpha value is -3.67. The first-order valence-corrected chi connectivity index (χ1v) is 10.2. The Balaban J connectivity index is 1.93. The van der Waals surface area contributed by atoms with Gasteiger partial charge in [-0.3, -0.25) is 13.8 Å². The average molecular weight is 398 g/mol. The van der Waals surface area contributed by atoms with Crippen molar-refractivity contribution in [1.82, 2.24) is 18.9 Å². The van der Waals surface area contributed by atoms with Crippen molar-refractivity contribution < 1.29 is 9.53 Å². The lowest BCUT2D eigenvalue weighted by atomic mass is 10.2. The highest BCUT2D eigenvalue weighted by molar-refractivity contribution is 6.01. The van der Waals surface area contributed by atoms with Crippen LogP contribution in [-0.4, -0.2) is 24.9 Å². The van der Waals surface area contributed by atoms with Crippen LogP contribution in [0.4, 0.5) is 0 Å². The molecule has 3 aromatic heterocycles. The summed E-state index contributed by atoms with van der Waals surface area (Å²) in [5.41, 5.74) is 5.48. The second kappa shape index (κ2) is 6.99. The third-order valence-corrected chi connectivity index (χ3v) is 5.33. The highest BCUT2D eigenvalue weighted by atomic mass is 16.5. The van der Waals surface area contributed by atoms with Crippen molar-refractivity contribution in [2.45, 2.75) is 33.6 Å². The van der Waals surface area contributed by atoms with Crippen molar-refractivity contribution in [1.29, 1.82) is 0 Å². The Morgan fingerprint density at radius 3 is 2.63 bits per heavy atom. The summed E-state index contributed by atoms with van der Waals surface area (Å²) in [5.74, 6) is 1.10. The number of fused-ring (bicyclic) bond motifs is 5. The highest BCUT2D eigenvalue weighted by Crippen LogP contribution is 2.35. The van der Waals surface area contributed by atoms with Gasteiger partial charge in [-0.1, -0.05) is 38.1 Å². The largest absolute Gasteiger partial charge is 0.424 e. The number of hydrogen-bond donors (Lipinski definition) is 0. The Labute approximate surface area is 173 Å². The predicted octanol–water partition coefficient (Wildman–Crippen LogP) is 5.01. The van der Waals surface area contributed by atoms with Gasteiger partial charge >= 0.3 is 5.97 Å². The number of ether oxygens (including phenoxy) is 1. The second-order valence-corrected chi connectivity index (χ2v) is 7.37. The fourth-order valence-electron chi connectivity index (χ4n) is 3.90. The third kappa shape index (κ3) is 2.76. The van der Waals surface area contributed by atoms with Gasteiger partial charge in [0.15, 0.2) is 17.0 Å². The third-order valence-electron chi connectivity index (χ3n) is 5.33. The molecule has 0 aliphatic rings. The molecule has 0 atom stereocenters. The number of aryl methyl sites for hydroxylation is 2. The molecule has 0 unspecified atom stereocenters. The van der Waals surface area contributed by atoms with E-state index in [0.717, 1.165) is 51.2 Å². The molecule has 0 saturated heterocycles. The van der Waals surface area contributed by atoms with Crippen molar-refractivity contribution in [3.8, 4) is 11.4 Å². The van der Waals surface area contributed by atoms with E-state index in [-0.39, 0.29) is 5.97 Å². The van der Waals surface area contributed by atoms with Gasteiger partial charge in [-0.05, 0) is 36.8 Å². The predicted molar refractivity (Wildman–Crippen MR) is 117 cm³/mol. The van der Waals surface area contributed by atoms with Crippen LogP contribution in [0.1, 0.15) is 31.7 Å². The van der Waals surface area contributed by atoms with Crippen LogP contribution < -0.4 is 4.74 Å². The summed E-state index contributed by atoms with van der Waals surface area (Å²) in [6.45, 7) is 5.92. The van der Waals surface area contributed by atoms with Crippen LogP contribution in [0.3, 0.4) is 0 Å². The lowest BCUT2D eigenvalue weighted by Crippen LogP contribution is -2.06. The standard InChI is InChI=1S/C24H22N4O2/c1-4-20-26-23-22(24-25-17-11-6-7-12-18(17)28(20)24)19(30-21(29)5-2)14-27(23)16-10-8-9-15(3)13-16/h6-14H,4-5H2,1-3H3. The van der Waals surface area contributed by atoms with E-state index in [0.29, 0.717) is 12.2 Å². The molecule has 0 aliphatic carbocycles. The fraction of sp³-hybridized carbons (Fsp3) is 0.208. The van der Waals surface area contributed by atoms with Crippen molar-refractivity contribution >= 4 is 33.7 Å². The van der Waals surface area contributed by atoms with Crippen LogP contribution in [0, 0.1) is 6.92 Å². The molecule has 6 nitrogen and oxygen atoms in total. The summed E-state index contributed by atoms with van der Waals surface area (Å²) < 4.78 is 9.79. The molecule has 0 bridgehead atoms. The maximum absolute atomic E-state index is 12.2. The van der Waals surface area contributed by atoms with Crippen LogP contribution >= 0.6 is 0 Å². The SMILES string of the molecule is CCC(=O)Oc1cn(-c2cccc(C)c2)c2nc(CC)n3c4ccccc4nc3c12. The van der Waals surface area contributed by atoms with Crippen molar-refractivity contribution in [2.75, 3.05) is 0 Å². The Morgan fingerprint density at radius 2 is 1.87 bits per heavy atom. The van der Waals surface area contributed by atoms with E-state index in [1.165, 1.54) is 0 Å². The second-order valence-electron chi connectivity index (χ2n) is 7.37. The Kier molecular flexibility index (Phi) is 4.28. The van der Waals surface area contributed by atoms with Crippen LogP contribution in [0.2, 0.25) is 0 Å². The average Bonchev–Trinajstić information content (AvgIpc) is 3.31. The lowest BCUT2D eigenvalue weighted by Gasteiger charge is -2.08. The fourth-order valence-corrected chi connectivity index (χ4v) is 3.90. The molecule has 0 saturated carbocycles. The molecule has 0 N–H and O–H groups in total. The van der Waals surface area contributed by atoms with Crippen LogP contribution in [0.5, 0.6) is 5.75 Å². The number of carbonyl (C=O) groups excluding carboxylic acids is 1. The van der Waals surface area contributed by atoms with E-state index >= 15 is 0 Å². The number of benzene rings is 2.